The molecule has 214 valence electrons. The van der Waals surface area contributed by atoms with Crippen molar-refractivity contribution in [1.29, 1.82) is 10.8 Å². The first-order valence-electron chi connectivity index (χ1n) is 13.6. The van der Waals surface area contributed by atoms with Crippen molar-refractivity contribution in [3.63, 3.8) is 0 Å². The zero-order valence-electron chi connectivity index (χ0n) is 23.9. The lowest BCUT2D eigenvalue weighted by Crippen LogP contribution is -2.44. The van der Waals surface area contributed by atoms with Gasteiger partial charge in [-0.3, -0.25) is 25.3 Å². The fourth-order valence-corrected chi connectivity index (χ4v) is 4.67. The summed E-state index contributed by atoms with van der Waals surface area (Å²) in [5.74, 6) is 0.931. The van der Waals surface area contributed by atoms with Crippen LogP contribution in [0.5, 0.6) is 0 Å². The van der Waals surface area contributed by atoms with Gasteiger partial charge in [0.15, 0.2) is 5.82 Å². The van der Waals surface area contributed by atoms with Crippen molar-refractivity contribution in [2.45, 2.75) is 45.3 Å². The Hall–Kier alpha value is -4.57. The van der Waals surface area contributed by atoms with Crippen LogP contribution in [-0.4, -0.2) is 65.7 Å². The molecule has 0 radical (unpaired) electrons. The van der Waals surface area contributed by atoms with E-state index in [2.05, 4.69) is 20.4 Å². The molecule has 0 spiro atoms. The summed E-state index contributed by atoms with van der Waals surface area (Å²) in [4.78, 5) is 30.5. The standard InChI is InChI=1S/C26H27N7O.C5H10O2/c1-29-19-12-15-32(16-13-19)26(34)18-10-8-17(9-11-18)23(27)33-22-7-4-14-30-25(22)31-21-6-3-2-5-20(21)24(33)28;1-5(2,3)7-4-6/h2-11,14,19,27-29H,12-13,15-16H2,1H3,(H,30,31);4H,1-3H3. The number of carbonyl (C=O) groups excluding carboxylic acids is 2. The molecule has 1 aromatic heterocycles. The summed E-state index contributed by atoms with van der Waals surface area (Å²) in [6, 6.07) is 18.7. The molecular formula is C31H37N7O3. The molecule has 0 atom stereocenters. The Morgan fingerprint density at radius 1 is 1.05 bits per heavy atom. The third kappa shape index (κ3) is 6.96. The van der Waals surface area contributed by atoms with Gasteiger partial charge in [0.2, 0.25) is 0 Å². The molecular weight excluding hydrogens is 518 g/mol. The second-order valence-electron chi connectivity index (χ2n) is 10.8. The molecule has 0 saturated carbocycles. The van der Waals surface area contributed by atoms with E-state index in [9.17, 15) is 9.59 Å². The van der Waals surface area contributed by atoms with Crippen LogP contribution in [0.25, 0.3) is 0 Å². The van der Waals surface area contributed by atoms with Gasteiger partial charge in [0.05, 0.1) is 11.4 Å². The predicted octanol–water partition coefficient (Wildman–Crippen LogP) is 4.78. The van der Waals surface area contributed by atoms with Crippen LogP contribution >= 0.6 is 0 Å². The van der Waals surface area contributed by atoms with Gasteiger partial charge in [-0.1, -0.05) is 24.3 Å². The second-order valence-corrected chi connectivity index (χ2v) is 10.8. The summed E-state index contributed by atoms with van der Waals surface area (Å²) in [5, 5.41) is 24.5. The first-order chi connectivity index (χ1) is 19.6. The topological polar surface area (TPSA) is 134 Å². The molecule has 2 aromatic carbocycles. The average Bonchev–Trinajstić information content (AvgIpc) is 3.10. The Kier molecular flexibility index (Phi) is 9.14. The Labute approximate surface area is 240 Å². The number of nitrogens with zero attached hydrogens (tertiary/aromatic N) is 3. The van der Waals surface area contributed by atoms with Crippen LogP contribution in [0, 0.1) is 10.8 Å². The smallest absolute Gasteiger partial charge is 0.293 e. The number of hydrogen-bond acceptors (Lipinski definition) is 8. The van der Waals surface area contributed by atoms with Crippen molar-refractivity contribution in [2.24, 2.45) is 0 Å². The maximum Gasteiger partial charge on any atom is 0.293 e. The molecule has 0 unspecified atom stereocenters. The highest BCUT2D eigenvalue weighted by Gasteiger charge is 2.28. The van der Waals surface area contributed by atoms with E-state index in [1.807, 2.05) is 63.1 Å². The summed E-state index contributed by atoms with van der Waals surface area (Å²) in [6.45, 7) is 7.40. The van der Waals surface area contributed by atoms with E-state index in [0.717, 1.165) is 31.6 Å². The van der Waals surface area contributed by atoms with E-state index in [0.29, 0.717) is 40.7 Å². The number of hydrogen-bond donors (Lipinski definition) is 4. The number of fused-ring (bicyclic) bond motifs is 2. The molecule has 5 rings (SSSR count). The van der Waals surface area contributed by atoms with Gasteiger partial charge in [-0.25, -0.2) is 4.98 Å². The van der Waals surface area contributed by atoms with E-state index in [4.69, 9.17) is 10.8 Å². The molecule has 0 bridgehead atoms. The van der Waals surface area contributed by atoms with Gasteiger partial charge in [0, 0.05) is 42.0 Å². The van der Waals surface area contributed by atoms with Crippen molar-refractivity contribution in [3.8, 4) is 0 Å². The number of ether oxygens (including phenoxy) is 1. The number of anilines is 3. The number of carbonyl (C=O) groups is 2. The van der Waals surface area contributed by atoms with Crippen molar-refractivity contribution in [1.82, 2.24) is 15.2 Å². The Bertz CT molecular complexity index is 1410. The first-order valence-corrected chi connectivity index (χ1v) is 13.6. The number of piperidine rings is 1. The van der Waals surface area contributed by atoms with Crippen LogP contribution in [0.15, 0.2) is 66.9 Å². The molecule has 0 aliphatic carbocycles. The van der Waals surface area contributed by atoms with E-state index in [1.54, 1.807) is 41.4 Å². The number of rotatable bonds is 4. The van der Waals surface area contributed by atoms with Crippen LogP contribution < -0.4 is 15.5 Å². The maximum atomic E-state index is 13.0. The van der Waals surface area contributed by atoms with Crippen LogP contribution in [0.3, 0.4) is 0 Å². The van der Waals surface area contributed by atoms with Crippen LogP contribution in [0.1, 0.15) is 55.1 Å². The van der Waals surface area contributed by atoms with Gasteiger partial charge in [-0.05, 0) is 77.1 Å². The maximum absolute atomic E-state index is 13.0. The number of likely N-dealkylation sites (tertiary alicyclic amines) is 1. The monoisotopic (exact) mass is 555 g/mol. The number of benzene rings is 2. The quantitative estimate of drug-likeness (QED) is 0.207. The number of nitrogens with one attached hydrogen (secondary N) is 4. The van der Waals surface area contributed by atoms with E-state index in [1.165, 1.54) is 0 Å². The summed E-state index contributed by atoms with van der Waals surface area (Å²) in [5.41, 5.74) is 2.99. The summed E-state index contributed by atoms with van der Waals surface area (Å²) in [6.07, 6.45) is 3.58. The van der Waals surface area contributed by atoms with Crippen molar-refractivity contribution >= 4 is 41.2 Å². The lowest BCUT2D eigenvalue weighted by atomic mass is 10.0. The zero-order chi connectivity index (χ0) is 29.6. The molecule has 10 heteroatoms. The van der Waals surface area contributed by atoms with Gasteiger partial charge < -0.3 is 20.3 Å². The summed E-state index contributed by atoms with van der Waals surface area (Å²) >= 11 is 0. The molecule has 1 fully saturated rings. The van der Waals surface area contributed by atoms with Gasteiger partial charge in [-0.2, -0.15) is 0 Å². The van der Waals surface area contributed by atoms with Crippen LogP contribution in [-0.2, 0) is 9.53 Å². The summed E-state index contributed by atoms with van der Waals surface area (Å²) in [7, 11) is 1.96. The van der Waals surface area contributed by atoms with Crippen LogP contribution in [0.2, 0.25) is 0 Å². The Morgan fingerprint density at radius 3 is 2.32 bits per heavy atom. The molecule has 41 heavy (non-hydrogen) atoms. The van der Waals surface area contributed by atoms with Gasteiger partial charge in [0.25, 0.3) is 12.4 Å². The second kappa shape index (κ2) is 12.7. The fraction of sp³-hybridized carbons (Fsp3) is 0.323. The van der Waals surface area contributed by atoms with Crippen molar-refractivity contribution in [3.05, 3.63) is 83.6 Å². The summed E-state index contributed by atoms with van der Waals surface area (Å²) < 4.78 is 4.55. The van der Waals surface area contributed by atoms with E-state index in [-0.39, 0.29) is 23.2 Å². The fourth-order valence-electron chi connectivity index (χ4n) is 4.67. The lowest BCUT2D eigenvalue weighted by molar-refractivity contribution is -0.138. The highest BCUT2D eigenvalue weighted by Crippen LogP contribution is 2.34. The minimum Gasteiger partial charge on any atom is -0.462 e. The minimum atomic E-state index is -0.318. The molecule has 1 amide bonds. The number of amidine groups is 2. The number of para-hydroxylation sites is 1. The van der Waals surface area contributed by atoms with Gasteiger partial charge in [0.1, 0.15) is 17.3 Å². The van der Waals surface area contributed by atoms with E-state index < -0.39 is 0 Å². The zero-order valence-corrected chi connectivity index (χ0v) is 23.9. The third-order valence-corrected chi connectivity index (χ3v) is 6.91. The molecule has 4 N–H and O–H groups in total. The number of pyridine rings is 1. The molecule has 1 saturated heterocycles. The van der Waals surface area contributed by atoms with E-state index >= 15 is 0 Å². The third-order valence-electron chi connectivity index (χ3n) is 6.91. The number of aromatic nitrogens is 1. The predicted molar refractivity (Wildman–Crippen MR) is 161 cm³/mol. The Balaban J connectivity index is 0.000000493. The van der Waals surface area contributed by atoms with Crippen molar-refractivity contribution in [2.75, 3.05) is 30.4 Å². The minimum absolute atomic E-state index is 0.0165. The van der Waals surface area contributed by atoms with Crippen molar-refractivity contribution < 1.29 is 14.3 Å². The largest absolute Gasteiger partial charge is 0.462 e. The Morgan fingerprint density at radius 2 is 1.71 bits per heavy atom. The number of amides is 1. The molecule has 2 aliphatic heterocycles. The average molecular weight is 556 g/mol. The van der Waals surface area contributed by atoms with Gasteiger partial charge >= 0.3 is 0 Å². The highest BCUT2D eigenvalue weighted by atomic mass is 16.5. The van der Waals surface area contributed by atoms with Crippen LogP contribution in [0.4, 0.5) is 17.2 Å². The highest BCUT2D eigenvalue weighted by molar-refractivity contribution is 6.30. The normalized spacial score (nSPS) is 14.9. The molecule has 3 heterocycles. The molecule has 10 nitrogen and oxygen atoms in total. The molecule has 2 aliphatic rings. The lowest BCUT2D eigenvalue weighted by Gasteiger charge is -2.32. The SMILES string of the molecule is CC(C)(C)OC=O.CNC1CCN(C(=O)c2ccc(C(=N)N3C(=N)c4ccccc4Nc4ncccc43)cc2)CC1. The molecule has 3 aromatic rings. The first kappa shape index (κ1) is 29.4. The van der Waals surface area contributed by atoms with Gasteiger partial charge in [-0.15, -0.1) is 0 Å².